The molecule has 1 amide bonds. The van der Waals surface area contributed by atoms with Crippen molar-refractivity contribution in [2.75, 3.05) is 6.54 Å². The number of rotatable bonds is 11. The minimum atomic E-state index is -0.250. The second-order valence-electron chi connectivity index (χ2n) is 6.33. The molecule has 5 heteroatoms. The minimum absolute atomic E-state index is 0.180. The highest BCUT2D eigenvalue weighted by Gasteiger charge is 2.17. The molecule has 126 valence electrons. The predicted octanol–water partition coefficient (Wildman–Crippen LogP) is 3.81. The van der Waals surface area contributed by atoms with Crippen molar-refractivity contribution in [3.05, 3.63) is 17.8 Å². The first-order chi connectivity index (χ1) is 10.5. The normalized spacial score (nSPS) is 12.6. The van der Waals surface area contributed by atoms with Crippen molar-refractivity contribution < 1.29 is 9.21 Å². The molecule has 22 heavy (non-hydrogen) atoms. The fraction of sp³-hybridized carbons (Fsp3) is 0.765. The lowest BCUT2D eigenvalue weighted by Gasteiger charge is -2.09. The first kappa shape index (κ1) is 18.7. The monoisotopic (exact) mass is 309 g/mol. The van der Waals surface area contributed by atoms with Crippen LogP contribution < -0.4 is 11.1 Å². The van der Waals surface area contributed by atoms with Crippen molar-refractivity contribution in [2.24, 2.45) is 11.7 Å². The van der Waals surface area contributed by atoms with Crippen LogP contribution in [0.2, 0.25) is 0 Å². The van der Waals surface area contributed by atoms with Crippen LogP contribution in [0.5, 0.6) is 0 Å². The lowest BCUT2D eigenvalue weighted by molar-refractivity contribution is 0.0948. The third-order valence-electron chi connectivity index (χ3n) is 3.61. The molecule has 0 aliphatic rings. The van der Waals surface area contributed by atoms with Crippen LogP contribution in [0, 0.1) is 5.92 Å². The number of carbonyl (C=O) groups is 1. The van der Waals surface area contributed by atoms with Gasteiger partial charge >= 0.3 is 0 Å². The predicted molar refractivity (Wildman–Crippen MR) is 88.6 cm³/mol. The molecule has 1 atom stereocenters. The number of hydrogen-bond donors (Lipinski definition) is 2. The van der Waals surface area contributed by atoms with Crippen LogP contribution in [0.15, 0.2) is 10.7 Å². The Morgan fingerprint density at radius 3 is 2.64 bits per heavy atom. The second kappa shape index (κ2) is 10.4. The van der Waals surface area contributed by atoms with Crippen molar-refractivity contribution in [1.82, 2.24) is 10.3 Å². The van der Waals surface area contributed by atoms with Gasteiger partial charge in [0, 0.05) is 6.54 Å². The van der Waals surface area contributed by atoms with Gasteiger partial charge in [0.1, 0.15) is 6.26 Å². The standard InChI is InChI=1S/C17H31N3O2/c1-4-5-6-7-8-9-10-19-16(21)15-12-22-17(20-15)14(18)11-13(2)3/h12-14H,4-11,18H2,1-3H3,(H,19,21). The Morgan fingerprint density at radius 2 is 1.95 bits per heavy atom. The van der Waals surface area contributed by atoms with Crippen LogP contribution in [-0.4, -0.2) is 17.4 Å². The van der Waals surface area contributed by atoms with Crippen molar-refractivity contribution in [1.29, 1.82) is 0 Å². The molecule has 1 heterocycles. The van der Waals surface area contributed by atoms with E-state index in [2.05, 4.69) is 31.1 Å². The van der Waals surface area contributed by atoms with Crippen LogP contribution in [0.1, 0.15) is 88.1 Å². The number of nitrogens with two attached hydrogens (primary N) is 1. The molecule has 0 fully saturated rings. The van der Waals surface area contributed by atoms with E-state index in [1.54, 1.807) is 0 Å². The number of amides is 1. The van der Waals surface area contributed by atoms with Crippen LogP contribution in [0.25, 0.3) is 0 Å². The maximum atomic E-state index is 12.0. The molecule has 1 aromatic rings. The van der Waals surface area contributed by atoms with Crippen molar-refractivity contribution in [3.8, 4) is 0 Å². The first-order valence-electron chi connectivity index (χ1n) is 8.53. The van der Waals surface area contributed by atoms with E-state index in [0.29, 0.717) is 24.0 Å². The number of hydrogen-bond acceptors (Lipinski definition) is 4. The van der Waals surface area contributed by atoms with Crippen molar-refractivity contribution in [2.45, 2.75) is 71.8 Å². The molecule has 3 N–H and O–H groups in total. The highest BCUT2D eigenvalue weighted by Crippen LogP contribution is 2.18. The Bertz CT molecular complexity index is 429. The van der Waals surface area contributed by atoms with Crippen LogP contribution in [0.4, 0.5) is 0 Å². The van der Waals surface area contributed by atoms with Crippen LogP contribution in [-0.2, 0) is 0 Å². The number of nitrogens with one attached hydrogen (secondary N) is 1. The van der Waals surface area contributed by atoms with Gasteiger partial charge in [-0.15, -0.1) is 0 Å². The molecule has 0 radical (unpaired) electrons. The Kier molecular flexibility index (Phi) is 8.82. The van der Waals surface area contributed by atoms with Gasteiger partial charge in [-0.1, -0.05) is 52.9 Å². The van der Waals surface area contributed by atoms with E-state index >= 15 is 0 Å². The summed E-state index contributed by atoms with van der Waals surface area (Å²) < 4.78 is 5.32. The van der Waals surface area contributed by atoms with Gasteiger partial charge in [0.15, 0.2) is 5.69 Å². The molecule has 0 spiro atoms. The maximum absolute atomic E-state index is 12.0. The SMILES string of the molecule is CCCCCCCCNC(=O)c1coc(C(N)CC(C)C)n1. The quantitative estimate of drug-likeness (QED) is 0.609. The lowest BCUT2D eigenvalue weighted by Crippen LogP contribution is -2.25. The number of carbonyl (C=O) groups excluding carboxylic acids is 1. The zero-order valence-corrected chi connectivity index (χ0v) is 14.2. The molecule has 0 aliphatic carbocycles. The maximum Gasteiger partial charge on any atom is 0.273 e. The molecule has 0 aliphatic heterocycles. The summed E-state index contributed by atoms with van der Waals surface area (Å²) in [6.07, 6.45) is 9.42. The molecule has 1 aromatic heterocycles. The highest BCUT2D eigenvalue weighted by atomic mass is 16.3. The van der Waals surface area contributed by atoms with Gasteiger partial charge in [-0.05, 0) is 18.8 Å². The fourth-order valence-electron chi connectivity index (χ4n) is 2.37. The van der Waals surface area contributed by atoms with E-state index in [1.807, 2.05) is 0 Å². The number of nitrogens with zero attached hydrogens (tertiary/aromatic N) is 1. The third-order valence-corrected chi connectivity index (χ3v) is 3.61. The summed E-state index contributed by atoms with van der Waals surface area (Å²) in [4.78, 5) is 16.2. The second-order valence-corrected chi connectivity index (χ2v) is 6.33. The molecule has 0 saturated carbocycles. The van der Waals surface area contributed by atoms with Crippen LogP contribution >= 0.6 is 0 Å². The summed E-state index contributed by atoms with van der Waals surface area (Å²) in [6, 6.07) is -0.250. The molecule has 0 aromatic carbocycles. The van der Waals surface area contributed by atoms with E-state index in [1.165, 1.54) is 31.9 Å². The van der Waals surface area contributed by atoms with Gasteiger partial charge in [0.2, 0.25) is 5.89 Å². The van der Waals surface area contributed by atoms with Gasteiger partial charge in [-0.3, -0.25) is 4.79 Å². The van der Waals surface area contributed by atoms with Gasteiger partial charge < -0.3 is 15.5 Å². The zero-order chi connectivity index (χ0) is 16.4. The molecule has 0 saturated heterocycles. The molecular formula is C17H31N3O2. The highest BCUT2D eigenvalue weighted by molar-refractivity contribution is 5.91. The van der Waals surface area contributed by atoms with E-state index in [9.17, 15) is 4.79 Å². The van der Waals surface area contributed by atoms with E-state index in [0.717, 1.165) is 19.3 Å². The first-order valence-corrected chi connectivity index (χ1v) is 8.53. The van der Waals surface area contributed by atoms with E-state index < -0.39 is 0 Å². The van der Waals surface area contributed by atoms with E-state index in [4.69, 9.17) is 10.2 Å². The van der Waals surface area contributed by atoms with Gasteiger partial charge in [0.25, 0.3) is 5.91 Å². The molecule has 1 rings (SSSR count). The summed E-state index contributed by atoms with van der Waals surface area (Å²) >= 11 is 0. The lowest BCUT2D eigenvalue weighted by atomic mass is 10.0. The summed E-state index contributed by atoms with van der Waals surface area (Å²) in [5.41, 5.74) is 6.32. The number of unbranched alkanes of at least 4 members (excludes halogenated alkanes) is 5. The number of oxazole rings is 1. The minimum Gasteiger partial charge on any atom is -0.446 e. The Balaban J connectivity index is 2.27. The average Bonchev–Trinajstić information content (AvgIpc) is 2.95. The smallest absolute Gasteiger partial charge is 0.273 e. The summed E-state index contributed by atoms with van der Waals surface area (Å²) in [6.45, 7) is 7.08. The van der Waals surface area contributed by atoms with Gasteiger partial charge in [-0.2, -0.15) is 0 Å². The van der Waals surface area contributed by atoms with Gasteiger partial charge in [0.05, 0.1) is 6.04 Å². The molecule has 0 bridgehead atoms. The Hall–Kier alpha value is -1.36. The number of aromatic nitrogens is 1. The molecule has 5 nitrogen and oxygen atoms in total. The largest absolute Gasteiger partial charge is 0.446 e. The molecule has 1 unspecified atom stereocenters. The fourth-order valence-corrected chi connectivity index (χ4v) is 2.37. The summed E-state index contributed by atoms with van der Waals surface area (Å²) in [5, 5.41) is 2.88. The van der Waals surface area contributed by atoms with E-state index in [-0.39, 0.29) is 11.9 Å². The van der Waals surface area contributed by atoms with Crippen LogP contribution in [0.3, 0.4) is 0 Å². The average molecular weight is 309 g/mol. The van der Waals surface area contributed by atoms with Gasteiger partial charge in [-0.25, -0.2) is 4.98 Å². The Morgan fingerprint density at radius 1 is 1.27 bits per heavy atom. The Labute approximate surface area is 134 Å². The topological polar surface area (TPSA) is 81.2 Å². The molecular weight excluding hydrogens is 278 g/mol. The zero-order valence-electron chi connectivity index (χ0n) is 14.2. The third kappa shape index (κ3) is 7.07. The van der Waals surface area contributed by atoms with Crippen molar-refractivity contribution in [3.63, 3.8) is 0 Å². The summed E-state index contributed by atoms with van der Waals surface area (Å²) in [7, 11) is 0. The van der Waals surface area contributed by atoms with Crippen molar-refractivity contribution >= 4 is 5.91 Å². The summed E-state index contributed by atoms with van der Waals surface area (Å²) in [5.74, 6) is 0.727.